The van der Waals surface area contributed by atoms with Crippen molar-refractivity contribution in [2.75, 3.05) is 6.54 Å². The first kappa shape index (κ1) is 19.8. The number of nitrogens with zero attached hydrogens (tertiary/aromatic N) is 4. The molecule has 6 nitrogen and oxygen atoms in total. The van der Waals surface area contributed by atoms with Gasteiger partial charge in [-0.3, -0.25) is 4.79 Å². The number of amides is 1. The van der Waals surface area contributed by atoms with Gasteiger partial charge in [-0.1, -0.05) is 41.1 Å². The van der Waals surface area contributed by atoms with Gasteiger partial charge in [0, 0.05) is 24.0 Å². The zero-order valence-electron chi connectivity index (χ0n) is 16.0. The summed E-state index contributed by atoms with van der Waals surface area (Å²) in [6.45, 7) is 0.735. The average Bonchev–Trinajstić information content (AvgIpc) is 3.39. The standard InChI is InChI=1S/C22H19ClFN5O/c23-18-8-6-16(7-9-18)10-11-25-21(30)20-22(28-12-1-2-13-28)29(27-26-20)15-17-4-3-5-19(24)14-17/h1-9,12-14H,10-11,15H2,(H,25,30). The van der Waals surface area contributed by atoms with Gasteiger partial charge in [-0.05, 0) is 53.9 Å². The molecule has 0 radical (unpaired) electrons. The van der Waals surface area contributed by atoms with E-state index in [2.05, 4.69) is 15.6 Å². The van der Waals surface area contributed by atoms with E-state index in [1.165, 1.54) is 12.1 Å². The van der Waals surface area contributed by atoms with Crippen LogP contribution in [0, 0.1) is 5.82 Å². The fourth-order valence-corrected chi connectivity index (χ4v) is 3.28. The van der Waals surface area contributed by atoms with Gasteiger partial charge in [0.05, 0.1) is 6.54 Å². The van der Waals surface area contributed by atoms with Crippen molar-refractivity contribution in [2.24, 2.45) is 0 Å². The Kier molecular flexibility index (Phi) is 5.90. The molecule has 0 bridgehead atoms. The third-order valence-corrected chi connectivity index (χ3v) is 4.86. The van der Waals surface area contributed by atoms with Crippen LogP contribution in [-0.2, 0) is 13.0 Å². The van der Waals surface area contributed by atoms with E-state index < -0.39 is 0 Å². The van der Waals surface area contributed by atoms with Gasteiger partial charge in [0.25, 0.3) is 5.91 Å². The van der Waals surface area contributed by atoms with Gasteiger partial charge in [0.15, 0.2) is 11.5 Å². The van der Waals surface area contributed by atoms with Crippen LogP contribution in [-0.4, -0.2) is 32.0 Å². The van der Waals surface area contributed by atoms with Crippen molar-refractivity contribution in [3.8, 4) is 5.82 Å². The third-order valence-electron chi connectivity index (χ3n) is 4.61. The summed E-state index contributed by atoms with van der Waals surface area (Å²) in [7, 11) is 0. The molecule has 0 fully saturated rings. The van der Waals surface area contributed by atoms with Crippen LogP contribution in [0.2, 0.25) is 5.02 Å². The lowest BCUT2D eigenvalue weighted by molar-refractivity contribution is 0.0949. The molecule has 30 heavy (non-hydrogen) atoms. The van der Waals surface area contributed by atoms with Crippen LogP contribution in [0.4, 0.5) is 4.39 Å². The second-order valence-electron chi connectivity index (χ2n) is 6.77. The number of rotatable bonds is 7. The van der Waals surface area contributed by atoms with E-state index in [1.807, 2.05) is 48.8 Å². The highest BCUT2D eigenvalue weighted by Crippen LogP contribution is 2.16. The molecule has 8 heteroatoms. The molecule has 2 aromatic heterocycles. The smallest absolute Gasteiger partial charge is 0.275 e. The van der Waals surface area contributed by atoms with Crippen molar-refractivity contribution < 1.29 is 9.18 Å². The molecular formula is C22H19ClFN5O. The van der Waals surface area contributed by atoms with Crippen LogP contribution in [0.3, 0.4) is 0 Å². The molecule has 2 heterocycles. The molecular weight excluding hydrogens is 405 g/mol. The Morgan fingerprint density at radius 3 is 2.53 bits per heavy atom. The summed E-state index contributed by atoms with van der Waals surface area (Å²) in [6, 6.07) is 17.5. The first-order chi connectivity index (χ1) is 14.6. The molecule has 152 valence electrons. The first-order valence-electron chi connectivity index (χ1n) is 9.44. The molecule has 4 rings (SSSR count). The molecule has 1 N–H and O–H groups in total. The highest BCUT2D eigenvalue weighted by Gasteiger charge is 2.21. The summed E-state index contributed by atoms with van der Waals surface area (Å²) in [6.07, 6.45) is 4.29. The van der Waals surface area contributed by atoms with E-state index in [4.69, 9.17) is 11.6 Å². The highest BCUT2D eigenvalue weighted by atomic mass is 35.5. The zero-order chi connectivity index (χ0) is 20.9. The minimum atomic E-state index is -0.324. The average molecular weight is 424 g/mol. The Morgan fingerprint density at radius 2 is 1.80 bits per heavy atom. The number of hydrogen-bond donors (Lipinski definition) is 1. The van der Waals surface area contributed by atoms with Crippen molar-refractivity contribution in [1.82, 2.24) is 24.9 Å². The van der Waals surface area contributed by atoms with E-state index >= 15 is 0 Å². The zero-order valence-corrected chi connectivity index (χ0v) is 16.8. The Labute approximate surface area is 177 Å². The van der Waals surface area contributed by atoms with Crippen molar-refractivity contribution in [2.45, 2.75) is 13.0 Å². The fraction of sp³-hybridized carbons (Fsp3) is 0.136. The molecule has 0 atom stereocenters. The second kappa shape index (κ2) is 8.92. The SMILES string of the molecule is O=C(NCCc1ccc(Cl)cc1)c1nnn(Cc2cccc(F)c2)c1-n1cccc1. The number of aromatic nitrogens is 4. The Bertz CT molecular complexity index is 1140. The van der Waals surface area contributed by atoms with E-state index in [0.717, 1.165) is 11.1 Å². The number of hydrogen-bond acceptors (Lipinski definition) is 3. The maximum atomic E-state index is 13.6. The summed E-state index contributed by atoms with van der Waals surface area (Å²) in [5.41, 5.74) is 2.00. The maximum absolute atomic E-state index is 13.6. The topological polar surface area (TPSA) is 64.7 Å². The molecule has 1 amide bonds. The molecule has 0 saturated heterocycles. The van der Waals surface area contributed by atoms with Gasteiger partial charge >= 0.3 is 0 Å². The molecule has 4 aromatic rings. The first-order valence-corrected chi connectivity index (χ1v) is 9.82. The van der Waals surface area contributed by atoms with Gasteiger partial charge in [-0.15, -0.1) is 5.10 Å². The van der Waals surface area contributed by atoms with Crippen molar-refractivity contribution in [1.29, 1.82) is 0 Å². The van der Waals surface area contributed by atoms with E-state index in [1.54, 1.807) is 21.4 Å². The molecule has 0 spiro atoms. The van der Waals surface area contributed by atoms with Crippen LogP contribution in [0.1, 0.15) is 21.6 Å². The van der Waals surface area contributed by atoms with Crippen LogP contribution in [0.25, 0.3) is 5.82 Å². The van der Waals surface area contributed by atoms with Gasteiger partial charge in [0.1, 0.15) is 5.82 Å². The van der Waals surface area contributed by atoms with Crippen molar-refractivity contribution in [3.63, 3.8) is 0 Å². The number of benzene rings is 2. The summed E-state index contributed by atoms with van der Waals surface area (Å²) in [4.78, 5) is 12.8. The third kappa shape index (κ3) is 4.58. The van der Waals surface area contributed by atoms with Crippen LogP contribution in [0.5, 0.6) is 0 Å². The van der Waals surface area contributed by atoms with Gasteiger partial charge in [0.2, 0.25) is 0 Å². The molecule has 0 aliphatic carbocycles. The summed E-state index contributed by atoms with van der Waals surface area (Å²) in [5.74, 6) is -0.123. The predicted octanol–water partition coefficient (Wildman–Crippen LogP) is 3.88. The minimum Gasteiger partial charge on any atom is -0.350 e. The van der Waals surface area contributed by atoms with Crippen LogP contribution in [0.15, 0.2) is 73.1 Å². The highest BCUT2D eigenvalue weighted by molar-refractivity contribution is 6.30. The lowest BCUT2D eigenvalue weighted by Gasteiger charge is -2.10. The largest absolute Gasteiger partial charge is 0.350 e. The van der Waals surface area contributed by atoms with Gasteiger partial charge in [-0.2, -0.15) is 0 Å². The number of nitrogens with one attached hydrogen (secondary N) is 1. The van der Waals surface area contributed by atoms with Crippen LogP contribution >= 0.6 is 11.6 Å². The quantitative estimate of drug-likeness (QED) is 0.490. The number of halogens is 2. The lowest BCUT2D eigenvalue weighted by Crippen LogP contribution is -2.27. The molecule has 0 aliphatic rings. The minimum absolute atomic E-state index is 0.207. The van der Waals surface area contributed by atoms with Crippen LogP contribution < -0.4 is 5.32 Å². The monoisotopic (exact) mass is 423 g/mol. The summed E-state index contributed by atoms with van der Waals surface area (Å²) in [5, 5.41) is 11.8. The second-order valence-corrected chi connectivity index (χ2v) is 7.21. The van der Waals surface area contributed by atoms with E-state index in [9.17, 15) is 9.18 Å². The predicted molar refractivity (Wildman–Crippen MR) is 112 cm³/mol. The summed E-state index contributed by atoms with van der Waals surface area (Å²) >= 11 is 5.90. The Morgan fingerprint density at radius 1 is 1.03 bits per heavy atom. The molecule has 0 saturated carbocycles. The molecule has 0 unspecified atom stereocenters. The van der Waals surface area contributed by atoms with Gasteiger partial charge in [-0.25, -0.2) is 9.07 Å². The molecule has 0 aliphatic heterocycles. The number of carbonyl (C=O) groups excluding carboxylic acids is 1. The van der Waals surface area contributed by atoms with Crippen molar-refractivity contribution in [3.05, 3.63) is 101 Å². The van der Waals surface area contributed by atoms with E-state index in [0.29, 0.717) is 23.8 Å². The maximum Gasteiger partial charge on any atom is 0.275 e. The lowest BCUT2D eigenvalue weighted by atomic mass is 10.1. The number of carbonyl (C=O) groups is 1. The molecule has 2 aromatic carbocycles. The Balaban J connectivity index is 1.52. The van der Waals surface area contributed by atoms with Crippen molar-refractivity contribution >= 4 is 17.5 Å². The normalized spacial score (nSPS) is 10.9. The summed E-state index contributed by atoms with van der Waals surface area (Å²) < 4.78 is 16.9. The van der Waals surface area contributed by atoms with Gasteiger partial charge < -0.3 is 9.88 Å². The Hall–Kier alpha value is -3.45. The van der Waals surface area contributed by atoms with E-state index in [-0.39, 0.29) is 24.0 Å². The fourth-order valence-electron chi connectivity index (χ4n) is 3.16.